The average molecular weight is 134 g/mol. The van der Waals surface area contributed by atoms with E-state index in [9.17, 15) is 0 Å². The van der Waals surface area contributed by atoms with Crippen LogP contribution in [0.5, 0.6) is 0 Å². The molecule has 0 aromatic rings. The monoisotopic (exact) mass is 134 g/mol. The van der Waals surface area contributed by atoms with E-state index >= 15 is 0 Å². The van der Waals surface area contributed by atoms with Gasteiger partial charge >= 0.3 is 17.1 Å². The van der Waals surface area contributed by atoms with Gasteiger partial charge in [0.2, 0.25) is 0 Å². The van der Waals surface area contributed by atoms with Gasteiger partial charge in [-0.05, 0) is 0 Å². The van der Waals surface area contributed by atoms with Crippen molar-refractivity contribution >= 4 is 0 Å². The van der Waals surface area contributed by atoms with Crippen LogP contribution in [-0.2, 0) is 17.1 Å². The smallest absolute Gasteiger partial charge is 0.512 e. The molecule has 0 fully saturated rings. The number of nitrogens with zero attached hydrogens (tertiary/aromatic N) is 3. The van der Waals surface area contributed by atoms with Gasteiger partial charge in [-0.1, -0.05) is 0 Å². The van der Waals surface area contributed by atoms with Gasteiger partial charge in [0.1, 0.15) is 0 Å². The second kappa shape index (κ2) is 77.8. The van der Waals surface area contributed by atoms with Crippen molar-refractivity contribution in [3.63, 3.8) is 0 Å². The van der Waals surface area contributed by atoms with Gasteiger partial charge in [0, 0.05) is 0 Å². The van der Waals surface area contributed by atoms with E-state index in [0.717, 1.165) is 0 Å². The molecule has 0 aliphatic carbocycles. The van der Waals surface area contributed by atoms with Crippen LogP contribution in [0.4, 0.5) is 0 Å². The van der Waals surface area contributed by atoms with Gasteiger partial charge in [-0.25, -0.2) is 0 Å². The first-order valence-electron chi connectivity index (χ1n) is 0.671. The van der Waals surface area contributed by atoms with Crippen molar-refractivity contribution in [2.45, 2.75) is 0 Å². The van der Waals surface area contributed by atoms with Crippen LogP contribution in [0.3, 0.4) is 0 Å². The molecular formula is C3FeN3-. The zero-order valence-corrected chi connectivity index (χ0v) is 4.30. The van der Waals surface area contributed by atoms with E-state index in [0.29, 0.717) is 0 Å². The molecular weight excluding hydrogens is 134 g/mol. The van der Waals surface area contributed by atoms with Gasteiger partial charge < -0.3 is 35.5 Å². The molecule has 0 bridgehead atoms. The van der Waals surface area contributed by atoms with Crippen LogP contribution in [0, 0.1) is 35.5 Å². The Bertz CT molecular complexity index is 38.7. The summed E-state index contributed by atoms with van der Waals surface area (Å²) >= 11 is 0. The topological polar surface area (TPSA) is 71.4 Å². The molecule has 0 radical (unpaired) electrons. The fourth-order valence-electron chi connectivity index (χ4n) is 0. The van der Waals surface area contributed by atoms with Crippen molar-refractivity contribution in [1.29, 1.82) is 15.8 Å². The summed E-state index contributed by atoms with van der Waals surface area (Å²) in [4.78, 5) is 0. The normalized spacial score (nSPS) is 0.857. The third-order valence-corrected chi connectivity index (χ3v) is 0. The van der Waals surface area contributed by atoms with Crippen molar-refractivity contribution in [1.82, 2.24) is 0 Å². The molecule has 0 saturated carbocycles. The molecule has 7 heavy (non-hydrogen) atoms. The van der Waals surface area contributed by atoms with E-state index in [2.05, 4.69) is 0 Å². The Hall–Kier alpha value is -1.01. The third kappa shape index (κ3) is 43.7. The minimum absolute atomic E-state index is 0. The molecule has 0 rings (SSSR count). The molecule has 0 aromatic heterocycles. The maximum Gasteiger partial charge on any atom is 2.00 e. The maximum absolute atomic E-state index is 6.25. The second-order valence-electron chi connectivity index (χ2n) is 0. The molecule has 0 spiro atoms. The summed E-state index contributed by atoms with van der Waals surface area (Å²) in [5, 5.41) is 18.8. The summed E-state index contributed by atoms with van der Waals surface area (Å²) in [6, 6.07) is 0. The third-order valence-electron chi connectivity index (χ3n) is 0. The first-order valence-corrected chi connectivity index (χ1v) is 0.671. The zero-order valence-electron chi connectivity index (χ0n) is 3.20. The molecule has 0 aliphatic rings. The van der Waals surface area contributed by atoms with Gasteiger partial charge in [0.15, 0.2) is 0 Å². The van der Waals surface area contributed by atoms with Crippen molar-refractivity contribution < 1.29 is 17.1 Å². The van der Waals surface area contributed by atoms with Crippen LogP contribution < -0.4 is 0 Å². The first-order chi connectivity index (χ1) is 3.00. The molecule has 0 saturated heterocycles. The Kier molecular flexibility index (Phi) is 419. The molecule has 0 aliphatic heterocycles. The Morgan fingerprint density at radius 3 is 0.571 bits per heavy atom. The van der Waals surface area contributed by atoms with E-state index in [1.807, 2.05) is 0 Å². The summed E-state index contributed by atoms with van der Waals surface area (Å²) in [5.74, 6) is 0. The Morgan fingerprint density at radius 1 is 0.571 bits per heavy atom. The van der Waals surface area contributed by atoms with E-state index in [1.165, 1.54) is 0 Å². The van der Waals surface area contributed by atoms with Crippen molar-refractivity contribution in [3.8, 4) is 0 Å². The van der Waals surface area contributed by atoms with Crippen LogP contribution in [0.25, 0.3) is 0 Å². The SMILES string of the molecule is [C-]#N.[C-]#N.[C-]#N.[Fe+2]. The van der Waals surface area contributed by atoms with E-state index < -0.39 is 0 Å². The molecule has 0 heterocycles. The Labute approximate surface area is 53.3 Å². The first kappa shape index (κ1) is 37.7. The van der Waals surface area contributed by atoms with Crippen LogP contribution in [0.2, 0.25) is 0 Å². The van der Waals surface area contributed by atoms with Gasteiger partial charge in [0.05, 0.1) is 0 Å². The van der Waals surface area contributed by atoms with Gasteiger partial charge in [-0.2, -0.15) is 0 Å². The van der Waals surface area contributed by atoms with Gasteiger partial charge in [0.25, 0.3) is 0 Å². The molecule has 36 valence electrons. The molecule has 0 amide bonds. The van der Waals surface area contributed by atoms with Crippen LogP contribution in [0.1, 0.15) is 0 Å². The van der Waals surface area contributed by atoms with E-state index in [4.69, 9.17) is 35.5 Å². The summed E-state index contributed by atoms with van der Waals surface area (Å²) in [5.41, 5.74) is 0. The summed E-state index contributed by atoms with van der Waals surface area (Å²) in [7, 11) is 0. The maximum atomic E-state index is 6.25. The van der Waals surface area contributed by atoms with E-state index in [1.54, 1.807) is 0 Å². The number of hydrogen-bond acceptors (Lipinski definition) is 3. The van der Waals surface area contributed by atoms with Gasteiger partial charge in [-0.15, -0.1) is 0 Å². The second-order valence-corrected chi connectivity index (χ2v) is 0. The van der Waals surface area contributed by atoms with Gasteiger partial charge in [-0.3, -0.25) is 0 Å². The molecule has 0 aromatic carbocycles. The molecule has 0 N–H and O–H groups in total. The summed E-state index contributed by atoms with van der Waals surface area (Å²) in [6.07, 6.45) is 0. The minimum atomic E-state index is 0. The Balaban J connectivity index is -0.00000000900. The molecule has 0 unspecified atom stereocenters. The quantitative estimate of drug-likeness (QED) is 0.353. The predicted molar refractivity (Wildman–Crippen MR) is 14.9 cm³/mol. The van der Waals surface area contributed by atoms with Crippen molar-refractivity contribution in [3.05, 3.63) is 19.7 Å². The summed E-state index contributed by atoms with van der Waals surface area (Å²) in [6.45, 7) is 14.2. The van der Waals surface area contributed by atoms with E-state index in [-0.39, 0.29) is 17.1 Å². The Morgan fingerprint density at radius 2 is 0.571 bits per heavy atom. The summed E-state index contributed by atoms with van der Waals surface area (Å²) < 4.78 is 0. The van der Waals surface area contributed by atoms with Crippen molar-refractivity contribution in [2.24, 2.45) is 0 Å². The minimum Gasteiger partial charge on any atom is -0.512 e. The fraction of sp³-hybridized carbons (Fsp3) is 0. The number of hydrogen-bond donors (Lipinski definition) is 0. The molecule has 3 nitrogen and oxygen atoms in total. The molecule has 4 heteroatoms. The van der Waals surface area contributed by atoms with Crippen molar-refractivity contribution in [2.75, 3.05) is 0 Å². The van der Waals surface area contributed by atoms with Crippen LogP contribution in [0.15, 0.2) is 0 Å². The predicted octanol–water partition coefficient (Wildman–Crippen LogP) is 0.287. The number of rotatable bonds is 0. The van der Waals surface area contributed by atoms with Crippen LogP contribution >= 0.6 is 0 Å². The van der Waals surface area contributed by atoms with Crippen LogP contribution in [-0.4, -0.2) is 0 Å². The molecule has 0 atom stereocenters. The largest absolute Gasteiger partial charge is 2.00 e. The zero-order chi connectivity index (χ0) is 6.00. The average Bonchev–Trinajstić information content (AvgIpc) is 1.81. The fourth-order valence-corrected chi connectivity index (χ4v) is 0. The standard InChI is InChI=1S/3CN.Fe/c3*1-2;/q3*-1;+2.